The van der Waals surface area contributed by atoms with Crippen molar-refractivity contribution in [1.82, 2.24) is 0 Å². The minimum Gasteiger partial charge on any atom is -0.493 e. The Morgan fingerprint density at radius 2 is 2.20 bits per heavy atom. The van der Waals surface area contributed by atoms with Gasteiger partial charge in [0.25, 0.3) is 0 Å². The molecule has 1 unspecified atom stereocenters. The van der Waals surface area contributed by atoms with Crippen LogP contribution in [0.15, 0.2) is 22.7 Å². The number of hydrogen-bond donors (Lipinski definition) is 2. The Kier molecular flexibility index (Phi) is 5.08. The lowest BCUT2D eigenvalue weighted by molar-refractivity contribution is 0.154. The van der Waals surface area contributed by atoms with E-state index in [-0.39, 0.29) is 12.7 Å². The summed E-state index contributed by atoms with van der Waals surface area (Å²) >= 11 is 3.32. The summed E-state index contributed by atoms with van der Waals surface area (Å²) in [5.74, 6) is 0.668. The van der Waals surface area contributed by atoms with E-state index in [0.29, 0.717) is 18.8 Å². The fraction of sp³-hybridized carbons (Fsp3) is 0.455. The summed E-state index contributed by atoms with van der Waals surface area (Å²) in [5, 5.41) is 18.2. The van der Waals surface area contributed by atoms with Crippen molar-refractivity contribution in [2.75, 3.05) is 6.61 Å². The molecule has 0 radical (unpaired) electrons. The van der Waals surface area contributed by atoms with Gasteiger partial charge in [-0.2, -0.15) is 0 Å². The highest BCUT2D eigenvalue weighted by Gasteiger charge is 2.04. The Bertz CT molecular complexity index is 313. The topological polar surface area (TPSA) is 49.7 Å². The fourth-order valence-electron chi connectivity index (χ4n) is 1.15. The molecule has 84 valence electrons. The third-order valence-corrected chi connectivity index (χ3v) is 2.48. The van der Waals surface area contributed by atoms with Gasteiger partial charge in [0.2, 0.25) is 0 Å². The molecule has 0 aromatic heterocycles. The highest BCUT2D eigenvalue weighted by molar-refractivity contribution is 9.10. The van der Waals surface area contributed by atoms with Crippen molar-refractivity contribution in [3.05, 3.63) is 28.2 Å². The van der Waals surface area contributed by atoms with Crippen molar-refractivity contribution in [2.45, 2.75) is 26.1 Å². The van der Waals surface area contributed by atoms with E-state index in [1.807, 2.05) is 12.1 Å². The molecule has 15 heavy (non-hydrogen) atoms. The van der Waals surface area contributed by atoms with Gasteiger partial charge in [0.05, 0.1) is 19.3 Å². The van der Waals surface area contributed by atoms with E-state index in [9.17, 15) is 0 Å². The summed E-state index contributed by atoms with van der Waals surface area (Å²) in [6.07, 6.45) is 0.221. The van der Waals surface area contributed by atoms with Gasteiger partial charge in [-0.25, -0.2) is 0 Å². The normalized spacial score (nSPS) is 12.5. The predicted molar refractivity (Wildman–Crippen MR) is 61.9 cm³/mol. The highest BCUT2D eigenvalue weighted by atomic mass is 79.9. The maximum absolute atomic E-state index is 9.10. The molecule has 0 saturated carbocycles. The maximum Gasteiger partial charge on any atom is 0.124 e. The number of halogens is 1. The molecule has 0 heterocycles. The van der Waals surface area contributed by atoms with Gasteiger partial charge in [-0.1, -0.05) is 15.9 Å². The van der Waals surface area contributed by atoms with Gasteiger partial charge in [-0.05, 0) is 25.1 Å². The molecule has 1 rings (SSSR count). The molecular formula is C11H15BrO3. The van der Waals surface area contributed by atoms with Crippen LogP contribution in [0.4, 0.5) is 0 Å². The maximum atomic E-state index is 9.10. The number of rotatable bonds is 5. The van der Waals surface area contributed by atoms with Gasteiger partial charge < -0.3 is 14.9 Å². The van der Waals surface area contributed by atoms with Gasteiger partial charge in [0.1, 0.15) is 5.75 Å². The zero-order chi connectivity index (χ0) is 11.3. The fourth-order valence-corrected chi connectivity index (χ4v) is 1.56. The molecule has 0 amide bonds. The van der Waals surface area contributed by atoms with Crippen LogP contribution in [0, 0.1) is 0 Å². The van der Waals surface area contributed by atoms with Crippen LogP contribution in [0.5, 0.6) is 5.75 Å². The van der Waals surface area contributed by atoms with Gasteiger partial charge >= 0.3 is 0 Å². The average molecular weight is 275 g/mol. The zero-order valence-electron chi connectivity index (χ0n) is 8.61. The molecule has 0 aliphatic carbocycles. The van der Waals surface area contributed by atoms with Crippen molar-refractivity contribution >= 4 is 15.9 Å². The minimum absolute atomic E-state index is 0.0521. The van der Waals surface area contributed by atoms with Crippen molar-refractivity contribution in [3.63, 3.8) is 0 Å². The Balaban J connectivity index is 2.60. The average Bonchev–Trinajstić information content (AvgIpc) is 2.19. The summed E-state index contributed by atoms with van der Waals surface area (Å²) in [7, 11) is 0. The van der Waals surface area contributed by atoms with Crippen LogP contribution in [0.2, 0.25) is 0 Å². The van der Waals surface area contributed by atoms with Gasteiger partial charge in [0, 0.05) is 16.5 Å². The number of ether oxygens (including phenoxy) is 1. The van der Waals surface area contributed by atoms with Crippen LogP contribution in [-0.2, 0) is 6.61 Å². The van der Waals surface area contributed by atoms with Crippen LogP contribution in [0.1, 0.15) is 18.9 Å². The van der Waals surface area contributed by atoms with Gasteiger partial charge in [0.15, 0.2) is 0 Å². The third kappa shape index (κ3) is 4.20. The predicted octanol–water partition coefficient (Wildman–Crippen LogP) is 2.09. The van der Waals surface area contributed by atoms with Gasteiger partial charge in [-0.15, -0.1) is 0 Å². The van der Waals surface area contributed by atoms with Crippen LogP contribution < -0.4 is 4.74 Å². The van der Waals surface area contributed by atoms with E-state index < -0.39 is 0 Å². The highest BCUT2D eigenvalue weighted by Crippen LogP contribution is 2.23. The molecule has 1 atom stereocenters. The number of aliphatic hydroxyl groups is 2. The molecule has 0 aliphatic rings. The molecule has 2 N–H and O–H groups in total. The summed E-state index contributed by atoms with van der Waals surface area (Å²) < 4.78 is 6.36. The van der Waals surface area contributed by atoms with E-state index in [2.05, 4.69) is 15.9 Å². The standard InChI is InChI=1S/C11H15BrO3/c1-8(14)4-5-15-11-3-2-10(12)6-9(11)7-13/h2-3,6,8,13-14H,4-5,7H2,1H3. The van der Waals surface area contributed by atoms with Crippen LogP contribution >= 0.6 is 15.9 Å². The van der Waals surface area contributed by atoms with Gasteiger partial charge in [-0.3, -0.25) is 0 Å². The second-order valence-electron chi connectivity index (χ2n) is 3.40. The molecule has 4 heteroatoms. The van der Waals surface area contributed by atoms with E-state index in [0.717, 1.165) is 10.0 Å². The lowest BCUT2D eigenvalue weighted by atomic mass is 10.2. The third-order valence-electron chi connectivity index (χ3n) is 1.99. The quantitative estimate of drug-likeness (QED) is 0.865. The first kappa shape index (κ1) is 12.5. The summed E-state index contributed by atoms with van der Waals surface area (Å²) in [5.41, 5.74) is 0.745. The second kappa shape index (κ2) is 6.10. The molecule has 0 spiro atoms. The Labute approximate surface area is 97.8 Å². The first-order valence-electron chi connectivity index (χ1n) is 4.83. The molecule has 0 saturated heterocycles. The van der Waals surface area contributed by atoms with Crippen molar-refractivity contribution < 1.29 is 14.9 Å². The van der Waals surface area contributed by atoms with Crippen LogP contribution in [-0.4, -0.2) is 22.9 Å². The van der Waals surface area contributed by atoms with Crippen molar-refractivity contribution in [2.24, 2.45) is 0 Å². The Morgan fingerprint density at radius 3 is 2.80 bits per heavy atom. The first-order chi connectivity index (χ1) is 7.13. The SMILES string of the molecule is CC(O)CCOc1ccc(Br)cc1CO. The number of benzene rings is 1. The Morgan fingerprint density at radius 1 is 1.47 bits per heavy atom. The summed E-state index contributed by atoms with van der Waals surface area (Å²) in [4.78, 5) is 0. The zero-order valence-corrected chi connectivity index (χ0v) is 10.2. The van der Waals surface area contributed by atoms with Crippen molar-refractivity contribution in [1.29, 1.82) is 0 Å². The van der Waals surface area contributed by atoms with E-state index in [4.69, 9.17) is 14.9 Å². The van der Waals surface area contributed by atoms with Crippen LogP contribution in [0.3, 0.4) is 0 Å². The van der Waals surface area contributed by atoms with Crippen LogP contribution in [0.25, 0.3) is 0 Å². The summed E-state index contributed by atoms with van der Waals surface area (Å²) in [6, 6.07) is 5.48. The molecule has 0 bridgehead atoms. The number of aliphatic hydroxyl groups excluding tert-OH is 2. The smallest absolute Gasteiger partial charge is 0.124 e. The van der Waals surface area contributed by atoms with Crippen molar-refractivity contribution in [3.8, 4) is 5.75 Å². The van der Waals surface area contributed by atoms with E-state index in [1.54, 1.807) is 13.0 Å². The molecule has 1 aromatic carbocycles. The molecule has 1 aromatic rings. The lowest BCUT2D eigenvalue weighted by Gasteiger charge is -2.11. The summed E-state index contributed by atoms with van der Waals surface area (Å²) in [6.45, 7) is 2.12. The first-order valence-corrected chi connectivity index (χ1v) is 5.63. The monoisotopic (exact) mass is 274 g/mol. The lowest BCUT2D eigenvalue weighted by Crippen LogP contribution is -2.08. The van der Waals surface area contributed by atoms with E-state index >= 15 is 0 Å². The molecule has 0 aliphatic heterocycles. The Hall–Kier alpha value is -0.580. The van der Waals surface area contributed by atoms with E-state index in [1.165, 1.54) is 0 Å². The minimum atomic E-state index is -0.363. The largest absolute Gasteiger partial charge is 0.493 e. The molecule has 3 nitrogen and oxygen atoms in total. The number of hydrogen-bond acceptors (Lipinski definition) is 3. The second-order valence-corrected chi connectivity index (χ2v) is 4.31. The molecular weight excluding hydrogens is 260 g/mol. The molecule has 0 fully saturated rings.